The van der Waals surface area contributed by atoms with Crippen molar-refractivity contribution in [2.45, 2.75) is 44.7 Å². The average Bonchev–Trinajstić information content (AvgIpc) is 3.01. The molecule has 2 atom stereocenters. The van der Waals surface area contributed by atoms with Crippen molar-refractivity contribution < 1.29 is 19.1 Å². The fourth-order valence-electron chi connectivity index (χ4n) is 3.70. The van der Waals surface area contributed by atoms with Crippen LogP contribution >= 0.6 is 0 Å². The van der Waals surface area contributed by atoms with Crippen LogP contribution in [0.2, 0.25) is 0 Å². The Morgan fingerprint density at radius 1 is 1.19 bits per heavy atom. The van der Waals surface area contributed by atoms with Crippen LogP contribution in [-0.4, -0.2) is 56.2 Å². The summed E-state index contributed by atoms with van der Waals surface area (Å²) >= 11 is 0. The number of nitrogens with zero attached hydrogens (tertiary/aromatic N) is 2. The third-order valence-corrected chi connectivity index (χ3v) is 5.20. The Hall–Kier alpha value is -2.44. The fraction of sp³-hybridized carbons (Fsp3) is 0.579. The van der Waals surface area contributed by atoms with Gasteiger partial charge in [-0.1, -0.05) is 0 Å². The van der Waals surface area contributed by atoms with Crippen LogP contribution in [0.3, 0.4) is 0 Å². The van der Waals surface area contributed by atoms with Gasteiger partial charge in [0.1, 0.15) is 0 Å². The van der Waals surface area contributed by atoms with E-state index >= 15 is 0 Å². The molecule has 26 heavy (non-hydrogen) atoms. The first-order valence-electron chi connectivity index (χ1n) is 9.13. The molecule has 2 aliphatic rings. The molecule has 0 aliphatic carbocycles. The maximum atomic E-state index is 12.5. The summed E-state index contributed by atoms with van der Waals surface area (Å²) in [7, 11) is 3.14. The van der Waals surface area contributed by atoms with Crippen molar-refractivity contribution in [2.24, 2.45) is 0 Å². The van der Waals surface area contributed by atoms with E-state index in [2.05, 4.69) is 12.2 Å². The summed E-state index contributed by atoms with van der Waals surface area (Å²) in [6, 6.07) is 5.40. The van der Waals surface area contributed by atoms with Gasteiger partial charge >= 0.3 is 6.03 Å². The first kappa shape index (κ1) is 18.4. The second kappa shape index (κ2) is 7.85. The number of rotatable bonds is 4. The Morgan fingerprint density at radius 2 is 1.96 bits per heavy atom. The van der Waals surface area contributed by atoms with Gasteiger partial charge in [-0.2, -0.15) is 0 Å². The largest absolute Gasteiger partial charge is 0.493 e. The van der Waals surface area contributed by atoms with Gasteiger partial charge in [-0.15, -0.1) is 0 Å². The number of benzene rings is 1. The molecule has 1 aromatic carbocycles. The van der Waals surface area contributed by atoms with Crippen LogP contribution in [0, 0.1) is 0 Å². The van der Waals surface area contributed by atoms with Gasteiger partial charge in [-0.05, 0) is 38.3 Å². The molecule has 0 aromatic heterocycles. The van der Waals surface area contributed by atoms with E-state index in [9.17, 15) is 9.59 Å². The lowest BCUT2D eigenvalue weighted by atomic mass is 10.0. The van der Waals surface area contributed by atoms with E-state index in [0.717, 1.165) is 25.1 Å². The Balaban J connectivity index is 1.66. The van der Waals surface area contributed by atoms with E-state index in [4.69, 9.17) is 9.47 Å². The number of hydrogen-bond donors (Lipinski definition) is 1. The zero-order chi connectivity index (χ0) is 18.7. The lowest BCUT2D eigenvalue weighted by molar-refractivity contribution is -0.117. The summed E-state index contributed by atoms with van der Waals surface area (Å²) < 4.78 is 10.6. The smallest absolute Gasteiger partial charge is 0.317 e. The lowest BCUT2D eigenvalue weighted by Crippen LogP contribution is -2.50. The van der Waals surface area contributed by atoms with Crippen LogP contribution in [0.25, 0.3) is 0 Å². The van der Waals surface area contributed by atoms with E-state index in [1.165, 1.54) is 6.42 Å². The van der Waals surface area contributed by atoms with E-state index in [-0.39, 0.29) is 24.0 Å². The molecule has 2 unspecified atom stereocenters. The minimum absolute atomic E-state index is 0.00536. The van der Waals surface area contributed by atoms with E-state index in [1.54, 1.807) is 31.3 Å². The third-order valence-electron chi connectivity index (χ3n) is 5.20. The average molecular weight is 361 g/mol. The standard InChI is InChI=1S/C19H27N3O4/c1-13-6-4-5-9-21(13)19(24)20-14-10-18(23)22(12-14)15-7-8-16(25-2)17(11-15)26-3/h7-8,11,13-14H,4-6,9-10,12H2,1-3H3,(H,20,24). The van der Waals surface area contributed by atoms with Gasteiger partial charge in [0.05, 0.1) is 20.3 Å². The molecule has 0 bridgehead atoms. The summed E-state index contributed by atoms with van der Waals surface area (Å²) in [5.74, 6) is 1.19. The molecule has 2 heterocycles. The Kier molecular flexibility index (Phi) is 5.54. The first-order valence-corrected chi connectivity index (χ1v) is 9.13. The summed E-state index contributed by atoms with van der Waals surface area (Å²) in [5.41, 5.74) is 0.746. The van der Waals surface area contributed by atoms with Crippen LogP contribution < -0.4 is 19.7 Å². The molecule has 7 nitrogen and oxygen atoms in total. The van der Waals surface area contributed by atoms with Crippen LogP contribution in [0.4, 0.5) is 10.5 Å². The first-order chi connectivity index (χ1) is 12.5. The topological polar surface area (TPSA) is 71.1 Å². The second-order valence-corrected chi connectivity index (χ2v) is 6.93. The quantitative estimate of drug-likeness (QED) is 0.894. The normalized spacial score (nSPS) is 23.1. The van der Waals surface area contributed by atoms with Crippen LogP contribution in [0.15, 0.2) is 18.2 Å². The molecule has 3 rings (SSSR count). The zero-order valence-corrected chi connectivity index (χ0v) is 15.7. The van der Waals surface area contributed by atoms with Crippen molar-refractivity contribution in [1.82, 2.24) is 10.2 Å². The second-order valence-electron chi connectivity index (χ2n) is 6.93. The van der Waals surface area contributed by atoms with Crippen molar-refractivity contribution in [3.05, 3.63) is 18.2 Å². The lowest BCUT2D eigenvalue weighted by Gasteiger charge is -2.34. The molecule has 7 heteroatoms. The highest BCUT2D eigenvalue weighted by Crippen LogP contribution is 2.33. The maximum absolute atomic E-state index is 12.5. The Labute approximate surface area is 154 Å². The molecule has 1 aromatic rings. The highest BCUT2D eigenvalue weighted by Gasteiger charge is 2.34. The minimum Gasteiger partial charge on any atom is -0.493 e. The monoisotopic (exact) mass is 361 g/mol. The molecule has 1 N–H and O–H groups in total. The van der Waals surface area contributed by atoms with E-state index in [1.807, 2.05) is 11.0 Å². The van der Waals surface area contributed by atoms with Gasteiger partial charge in [-0.3, -0.25) is 4.79 Å². The highest BCUT2D eigenvalue weighted by molar-refractivity contribution is 5.97. The number of carbonyl (C=O) groups is 2. The number of likely N-dealkylation sites (tertiary alicyclic amines) is 1. The molecule has 0 radical (unpaired) electrons. The van der Waals surface area contributed by atoms with Gasteiger partial charge in [0.2, 0.25) is 5.91 Å². The number of methoxy groups -OCH3 is 2. The predicted octanol–water partition coefficient (Wildman–Crippen LogP) is 2.39. The maximum Gasteiger partial charge on any atom is 0.317 e. The number of nitrogens with one attached hydrogen (secondary N) is 1. The Bertz CT molecular complexity index is 679. The van der Waals surface area contributed by atoms with Crippen LogP contribution in [-0.2, 0) is 4.79 Å². The third kappa shape index (κ3) is 3.71. The van der Waals surface area contributed by atoms with E-state index in [0.29, 0.717) is 24.5 Å². The SMILES string of the molecule is COc1ccc(N2CC(NC(=O)N3CCCCC3C)CC2=O)cc1OC. The number of hydrogen-bond acceptors (Lipinski definition) is 4. The number of carbonyl (C=O) groups excluding carboxylic acids is 2. The number of anilines is 1. The molecule has 0 spiro atoms. The molecule has 2 saturated heterocycles. The van der Waals surface area contributed by atoms with Gasteiger partial charge in [-0.25, -0.2) is 4.79 Å². The van der Waals surface area contributed by atoms with Crippen LogP contribution in [0.5, 0.6) is 11.5 Å². The molecular weight excluding hydrogens is 334 g/mol. The van der Waals surface area contributed by atoms with Gasteiger partial charge in [0.25, 0.3) is 0 Å². The molecule has 2 aliphatic heterocycles. The molecular formula is C19H27N3O4. The number of ether oxygens (including phenoxy) is 2. The Morgan fingerprint density at radius 3 is 2.65 bits per heavy atom. The van der Waals surface area contributed by atoms with Crippen molar-refractivity contribution >= 4 is 17.6 Å². The van der Waals surface area contributed by atoms with E-state index < -0.39 is 0 Å². The van der Waals surface area contributed by atoms with Crippen LogP contribution in [0.1, 0.15) is 32.6 Å². The minimum atomic E-state index is -0.183. The highest BCUT2D eigenvalue weighted by atomic mass is 16.5. The molecule has 2 fully saturated rings. The molecule has 0 saturated carbocycles. The number of urea groups is 1. The van der Waals surface area contributed by atoms with Gasteiger partial charge in [0.15, 0.2) is 11.5 Å². The van der Waals surface area contributed by atoms with Crippen molar-refractivity contribution in [3.63, 3.8) is 0 Å². The van der Waals surface area contributed by atoms with Gasteiger partial charge in [0, 0.05) is 37.3 Å². The van der Waals surface area contributed by atoms with Crippen molar-refractivity contribution in [3.8, 4) is 11.5 Å². The summed E-state index contributed by atoms with van der Waals surface area (Å²) in [5, 5.41) is 3.03. The van der Waals surface area contributed by atoms with Gasteiger partial charge < -0.3 is 24.6 Å². The number of piperidine rings is 1. The predicted molar refractivity (Wildman–Crippen MR) is 98.9 cm³/mol. The van der Waals surface area contributed by atoms with Crippen molar-refractivity contribution in [2.75, 3.05) is 32.2 Å². The zero-order valence-electron chi connectivity index (χ0n) is 15.7. The summed E-state index contributed by atoms with van der Waals surface area (Å²) in [6.45, 7) is 3.32. The molecule has 142 valence electrons. The summed E-state index contributed by atoms with van der Waals surface area (Å²) in [4.78, 5) is 28.6. The fourth-order valence-corrected chi connectivity index (χ4v) is 3.70. The number of amides is 3. The van der Waals surface area contributed by atoms with Crippen molar-refractivity contribution in [1.29, 1.82) is 0 Å². The molecule has 3 amide bonds. The summed E-state index contributed by atoms with van der Waals surface area (Å²) in [6.07, 6.45) is 3.55.